The Balaban J connectivity index is 1.92. The largest absolute Gasteiger partial charge is 0.573 e. The fourth-order valence-corrected chi connectivity index (χ4v) is 2.09. The molecule has 0 N–H and O–H groups in total. The lowest BCUT2D eigenvalue weighted by molar-refractivity contribution is -0.274. The molecule has 3 aromatic rings. The number of benzene rings is 1. The number of halogens is 5. The lowest BCUT2D eigenvalue weighted by Gasteiger charge is -2.10. The normalized spacial score (nSPS) is 12.6. The van der Waals surface area contributed by atoms with E-state index in [1.165, 1.54) is 18.3 Å². The van der Waals surface area contributed by atoms with E-state index in [9.17, 15) is 22.0 Å². The van der Waals surface area contributed by atoms with Crippen molar-refractivity contribution < 1.29 is 26.7 Å². The molecule has 0 amide bonds. The predicted octanol–water partition coefficient (Wildman–Crippen LogP) is 3.44. The third-order valence-electron chi connectivity index (χ3n) is 3.04. The van der Waals surface area contributed by atoms with Gasteiger partial charge in [-0.15, -0.1) is 18.3 Å². The Labute approximate surface area is 137 Å². The van der Waals surface area contributed by atoms with Gasteiger partial charge in [0.15, 0.2) is 5.65 Å². The number of fused-ring (bicyclic) bond motifs is 1. The molecule has 132 valence electrons. The molecule has 0 aliphatic carbocycles. The van der Waals surface area contributed by atoms with Gasteiger partial charge < -0.3 is 4.74 Å². The summed E-state index contributed by atoms with van der Waals surface area (Å²) in [4.78, 5) is 8.15. The number of hydrogen-bond acceptors (Lipinski definition) is 5. The molecule has 0 bridgehead atoms. The molecule has 0 unspecified atom stereocenters. The second kappa shape index (κ2) is 5.90. The average molecular weight is 359 g/mol. The first kappa shape index (κ1) is 17.0. The van der Waals surface area contributed by atoms with Gasteiger partial charge >= 0.3 is 6.36 Å². The van der Waals surface area contributed by atoms with Gasteiger partial charge in [-0.25, -0.2) is 23.4 Å². The van der Waals surface area contributed by atoms with Crippen molar-refractivity contribution in [3.63, 3.8) is 0 Å². The van der Waals surface area contributed by atoms with Gasteiger partial charge in [0.05, 0.1) is 11.9 Å². The first-order chi connectivity index (χ1) is 11.6. The van der Waals surface area contributed by atoms with Crippen molar-refractivity contribution in [3.8, 4) is 17.0 Å². The molecule has 1 aromatic carbocycles. The van der Waals surface area contributed by atoms with E-state index in [4.69, 9.17) is 0 Å². The van der Waals surface area contributed by atoms with Crippen LogP contribution in [-0.4, -0.2) is 37.2 Å². The number of aromatic nitrogens is 5. The minimum Gasteiger partial charge on any atom is -0.406 e. The maximum Gasteiger partial charge on any atom is 0.573 e. The van der Waals surface area contributed by atoms with Gasteiger partial charge in [0.25, 0.3) is 5.92 Å². The molecule has 11 heteroatoms. The van der Waals surface area contributed by atoms with Crippen LogP contribution in [0.1, 0.15) is 6.92 Å². The first-order valence-electron chi connectivity index (χ1n) is 6.91. The van der Waals surface area contributed by atoms with E-state index in [1.54, 1.807) is 0 Å². The number of rotatable bonds is 4. The van der Waals surface area contributed by atoms with Gasteiger partial charge in [0, 0.05) is 12.5 Å². The molecule has 2 aromatic heterocycles. The molecule has 6 nitrogen and oxygen atoms in total. The Morgan fingerprint density at radius 1 is 1.08 bits per heavy atom. The van der Waals surface area contributed by atoms with Crippen LogP contribution in [0.3, 0.4) is 0 Å². The topological polar surface area (TPSA) is 65.7 Å². The summed E-state index contributed by atoms with van der Waals surface area (Å²) in [6, 6.07) is 4.92. The zero-order valence-corrected chi connectivity index (χ0v) is 12.6. The SMILES string of the molecule is CC(F)(F)Cn1nnc2ncc(-c3ccc(OC(F)(F)F)cc3)nc21. The van der Waals surface area contributed by atoms with Gasteiger partial charge in [0.2, 0.25) is 5.65 Å². The van der Waals surface area contributed by atoms with Crippen molar-refractivity contribution in [2.75, 3.05) is 0 Å². The first-order valence-corrected chi connectivity index (χ1v) is 6.91. The molecule has 0 saturated carbocycles. The van der Waals surface area contributed by atoms with E-state index in [-0.39, 0.29) is 22.7 Å². The third-order valence-corrected chi connectivity index (χ3v) is 3.04. The second-order valence-corrected chi connectivity index (χ2v) is 5.29. The van der Waals surface area contributed by atoms with Crippen LogP contribution in [-0.2, 0) is 6.54 Å². The van der Waals surface area contributed by atoms with E-state index < -0.39 is 18.8 Å². The van der Waals surface area contributed by atoms with Crippen LogP contribution in [0.25, 0.3) is 22.6 Å². The quantitative estimate of drug-likeness (QED) is 0.668. The van der Waals surface area contributed by atoms with Gasteiger partial charge in [-0.3, -0.25) is 0 Å². The Hall–Kier alpha value is -2.85. The second-order valence-electron chi connectivity index (χ2n) is 5.29. The summed E-state index contributed by atoms with van der Waals surface area (Å²) in [6.07, 6.45) is -3.46. The molecular formula is C14H10F5N5O. The van der Waals surface area contributed by atoms with E-state index in [0.29, 0.717) is 5.56 Å². The number of hydrogen-bond donors (Lipinski definition) is 0. The average Bonchev–Trinajstić information content (AvgIpc) is 2.87. The summed E-state index contributed by atoms with van der Waals surface area (Å²) in [5, 5.41) is 7.24. The molecule has 0 radical (unpaired) electrons. The Kier molecular flexibility index (Phi) is 4.01. The fraction of sp³-hybridized carbons (Fsp3) is 0.286. The molecule has 0 fully saturated rings. The molecule has 3 rings (SSSR count). The lowest BCUT2D eigenvalue weighted by Crippen LogP contribution is -2.20. The van der Waals surface area contributed by atoms with Crippen LogP contribution in [0, 0.1) is 0 Å². The molecule has 0 saturated heterocycles. The standard InChI is InChI=1S/C14H10F5N5O/c1-13(15,16)7-24-12-11(22-23-24)20-6-10(21-12)8-2-4-9(5-3-8)25-14(17,18)19/h2-6H,7H2,1H3. The summed E-state index contributed by atoms with van der Waals surface area (Å²) < 4.78 is 67.5. The molecule has 0 atom stereocenters. The Morgan fingerprint density at radius 2 is 1.76 bits per heavy atom. The Bertz CT molecular complexity index is 885. The van der Waals surface area contributed by atoms with Gasteiger partial charge in [-0.2, -0.15) is 0 Å². The van der Waals surface area contributed by atoms with E-state index in [1.807, 2.05) is 0 Å². The van der Waals surface area contributed by atoms with Gasteiger partial charge in [-0.05, 0) is 24.3 Å². The number of ether oxygens (including phenoxy) is 1. The fourth-order valence-electron chi connectivity index (χ4n) is 2.09. The zero-order valence-electron chi connectivity index (χ0n) is 12.6. The molecular weight excluding hydrogens is 349 g/mol. The summed E-state index contributed by atoms with van der Waals surface area (Å²) in [6.45, 7) is 0.0111. The highest BCUT2D eigenvalue weighted by Crippen LogP contribution is 2.26. The van der Waals surface area contributed by atoms with Gasteiger partial charge in [-0.1, -0.05) is 5.21 Å². The van der Waals surface area contributed by atoms with Crippen LogP contribution in [0.2, 0.25) is 0 Å². The maximum absolute atomic E-state index is 13.2. The molecule has 0 spiro atoms. The summed E-state index contributed by atoms with van der Waals surface area (Å²) in [5.74, 6) is -3.41. The monoisotopic (exact) mass is 359 g/mol. The van der Waals surface area contributed by atoms with E-state index in [0.717, 1.165) is 23.7 Å². The van der Waals surface area contributed by atoms with Crippen molar-refractivity contribution in [3.05, 3.63) is 30.5 Å². The zero-order chi connectivity index (χ0) is 18.2. The maximum atomic E-state index is 13.2. The van der Waals surface area contributed by atoms with Crippen LogP contribution >= 0.6 is 0 Å². The molecule has 0 aliphatic rings. The van der Waals surface area contributed by atoms with Crippen molar-refractivity contribution in [1.82, 2.24) is 25.0 Å². The summed E-state index contributed by atoms with van der Waals surface area (Å²) >= 11 is 0. The van der Waals surface area contributed by atoms with Crippen molar-refractivity contribution in [1.29, 1.82) is 0 Å². The van der Waals surface area contributed by atoms with E-state index >= 15 is 0 Å². The molecule has 25 heavy (non-hydrogen) atoms. The molecule has 2 heterocycles. The Morgan fingerprint density at radius 3 is 2.36 bits per heavy atom. The van der Waals surface area contributed by atoms with Crippen LogP contribution in [0.5, 0.6) is 5.75 Å². The van der Waals surface area contributed by atoms with Gasteiger partial charge in [0.1, 0.15) is 12.3 Å². The smallest absolute Gasteiger partial charge is 0.406 e. The number of nitrogens with zero attached hydrogens (tertiary/aromatic N) is 5. The van der Waals surface area contributed by atoms with Crippen LogP contribution < -0.4 is 4.74 Å². The van der Waals surface area contributed by atoms with E-state index in [2.05, 4.69) is 25.0 Å². The summed E-state index contributed by atoms with van der Waals surface area (Å²) in [5.41, 5.74) is 0.841. The van der Waals surface area contributed by atoms with Crippen LogP contribution in [0.4, 0.5) is 22.0 Å². The van der Waals surface area contributed by atoms with Crippen molar-refractivity contribution in [2.45, 2.75) is 25.8 Å². The highest BCUT2D eigenvalue weighted by atomic mass is 19.4. The summed E-state index contributed by atoms with van der Waals surface area (Å²) in [7, 11) is 0. The minimum absolute atomic E-state index is 0.0506. The predicted molar refractivity (Wildman–Crippen MR) is 75.9 cm³/mol. The molecule has 0 aliphatic heterocycles. The highest BCUT2D eigenvalue weighted by molar-refractivity contribution is 5.70. The third kappa shape index (κ3) is 4.17. The lowest BCUT2D eigenvalue weighted by atomic mass is 10.1. The van der Waals surface area contributed by atoms with Crippen molar-refractivity contribution in [2.24, 2.45) is 0 Å². The number of alkyl halides is 5. The van der Waals surface area contributed by atoms with Crippen LogP contribution in [0.15, 0.2) is 30.5 Å². The minimum atomic E-state index is -4.79. The highest BCUT2D eigenvalue weighted by Gasteiger charge is 2.31. The van der Waals surface area contributed by atoms with Crippen molar-refractivity contribution >= 4 is 11.3 Å².